The van der Waals surface area contributed by atoms with E-state index in [2.05, 4.69) is 5.32 Å². The van der Waals surface area contributed by atoms with Crippen LogP contribution in [0.4, 0.5) is 13.2 Å². The second-order valence-electron chi connectivity index (χ2n) is 4.89. The lowest BCUT2D eigenvalue weighted by atomic mass is 9.90. The number of hydrogen-bond donors (Lipinski definition) is 1. The largest absolute Gasteiger partial charge is 0.416 e. The Balaban J connectivity index is 0.00000180. The molecule has 0 aromatic heterocycles. The van der Waals surface area contributed by atoms with Crippen molar-refractivity contribution >= 4 is 12.4 Å². The molecule has 0 aliphatic carbocycles. The molecule has 108 valence electrons. The molecular formula is C14H19ClF3N. The average molecular weight is 294 g/mol. The zero-order chi connectivity index (χ0) is 13.0. The summed E-state index contributed by atoms with van der Waals surface area (Å²) in [4.78, 5) is 0. The summed E-state index contributed by atoms with van der Waals surface area (Å²) in [6, 6.07) is 5.92. The van der Waals surface area contributed by atoms with Gasteiger partial charge in [-0.05, 0) is 56.3 Å². The lowest BCUT2D eigenvalue weighted by Gasteiger charge is -2.23. The van der Waals surface area contributed by atoms with E-state index >= 15 is 0 Å². The summed E-state index contributed by atoms with van der Waals surface area (Å²) < 4.78 is 38.4. The molecule has 1 heterocycles. The molecule has 0 bridgehead atoms. The van der Waals surface area contributed by atoms with Gasteiger partial charge in [-0.15, -0.1) is 12.4 Å². The molecule has 1 aromatic carbocycles. The number of benzene rings is 1. The first-order valence-electron chi connectivity index (χ1n) is 6.43. The molecule has 0 unspecified atom stereocenters. The first kappa shape index (κ1) is 16.3. The summed E-state index contributed by atoms with van der Waals surface area (Å²) in [6.07, 6.45) is -0.692. The summed E-state index contributed by atoms with van der Waals surface area (Å²) in [5.41, 5.74) is -0.0394. The fourth-order valence-electron chi connectivity index (χ4n) is 2.54. The number of aryl methyl sites for hydroxylation is 1. The monoisotopic (exact) mass is 293 g/mol. The third-order valence-electron chi connectivity index (χ3n) is 3.60. The summed E-state index contributed by atoms with van der Waals surface area (Å²) in [6.45, 7) is 1.98. The highest BCUT2D eigenvalue weighted by Crippen LogP contribution is 2.33. The van der Waals surface area contributed by atoms with Crippen molar-refractivity contribution in [1.29, 1.82) is 0 Å². The van der Waals surface area contributed by atoms with Gasteiger partial charge in [-0.1, -0.05) is 18.2 Å². The fraction of sp³-hybridized carbons (Fsp3) is 0.571. The van der Waals surface area contributed by atoms with Crippen molar-refractivity contribution in [3.8, 4) is 0 Å². The van der Waals surface area contributed by atoms with Crippen LogP contribution in [0.1, 0.15) is 30.4 Å². The minimum absolute atomic E-state index is 0. The van der Waals surface area contributed by atoms with Crippen molar-refractivity contribution < 1.29 is 13.2 Å². The van der Waals surface area contributed by atoms with Gasteiger partial charge in [-0.3, -0.25) is 0 Å². The zero-order valence-electron chi connectivity index (χ0n) is 10.7. The van der Waals surface area contributed by atoms with E-state index in [1.165, 1.54) is 12.1 Å². The molecule has 1 aromatic rings. The standard InChI is InChI=1S/C14H18F3N.ClH/c15-14(16,17)13-4-2-1-3-12(13)6-5-11-7-9-18-10-8-11;/h1-4,11,18H,5-10H2;1H. The number of alkyl halides is 3. The minimum atomic E-state index is -4.23. The van der Waals surface area contributed by atoms with Gasteiger partial charge in [0.15, 0.2) is 0 Å². The highest BCUT2D eigenvalue weighted by Gasteiger charge is 2.32. The number of halogens is 4. The van der Waals surface area contributed by atoms with Crippen LogP contribution in [0.15, 0.2) is 24.3 Å². The van der Waals surface area contributed by atoms with Crippen molar-refractivity contribution in [2.75, 3.05) is 13.1 Å². The Hall–Kier alpha value is -0.740. The van der Waals surface area contributed by atoms with Crippen molar-refractivity contribution in [3.05, 3.63) is 35.4 Å². The number of piperidine rings is 1. The lowest BCUT2D eigenvalue weighted by Crippen LogP contribution is -2.28. The second kappa shape index (κ2) is 7.15. The molecule has 0 atom stereocenters. The van der Waals surface area contributed by atoms with Gasteiger partial charge >= 0.3 is 6.18 Å². The molecule has 19 heavy (non-hydrogen) atoms. The van der Waals surface area contributed by atoms with E-state index in [-0.39, 0.29) is 12.4 Å². The summed E-state index contributed by atoms with van der Waals surface area (Å²) in [7, 11) is 0. The molecule has 1 fully saturated rings. The van der Waals surface area contributed by atoms with Crippen LogP contribution in [0.5, 0.6) is 0 Å². The number of nitrogens with one attached hydrogen (secondary N) is 1. The highest BCUT2D eigenvalue weighted by molar-refractivity contribution is 5.85. The Bertz CT molecular complexity index is 387. The summed E-state index contributed by atoms with van der Waals surface area (Å²) in [5, 5.41) is 3.27. The van der Waals surface area contributed by atoms with E-state index < -0.39 is 11.7 Å². The molecule has 0 spiro atoms. The third kappa shape index (κ3) is 4.69. The quantitative estimate of drug-likeness (QED) is 0.886. The summed E-state index contributed by atoms with van der Waals surface area (Å²) >= 11 is 0. The van der Waals surface area contributed by atoms with Gasteiger partial charge < -0.3 is 5.32 Å². The molecule has 1 aliphatic heterocycles. The zero-order valence-corrected chi connectivity index (χ0v) is 11.5. The Labute approximate surface area is 118 Å². The highest BCUT2D eigenvalue weighted by atomic mass is 35.5. The lowest BCUT2D eigenvalue weighted by molar-refractivity contribution is -0.138. The van der Waals surface area contributed by atoms with Gasteiger partial charge in [0.2, 0.25) is 0 Å². The van der Waals surface area contributed by atoms with Gasteiger partial charge in [-0.25, -0.2) is 0 Å². The van der Waals surface area contributed by atoms with E-state index in [4.69, 9.17) is 0 Å². The van der Waals surface area contributed by atoms with Crippen LogP contribution in [-0.2, 0) is 12.6 Å². The van der Waals surface area contributed by atoms with Gasteiger partial charge in [0.05, 0.1) is 5.56 Å². The Morgan fingerprint density at radius 3 is 2.37 bits per heavy atom. The smallest absolute Gasteiger partial charge is 0.317 e. The molecule has 0 radical (unpaired) electrons. The SMILES string of the molecule is Cl.FC(F)(F)c1ccccc1CCC1CCNCC1. The van der Waals surface area contributed by atoms with Crippen molar-refractivity contribution in [3.63, 3.8) is 0 Å². The third-order valence-corrected chi connectivity index (χ3v) is 3.60. The Kier molecular flexibility index (Phi) is 6.14. The van der Waals surface area contributed by atoms with E-state index in [0.29, 0.717) is 17.9 Å². The van der Waals surface area contributed by atoms with Crippen LogP contribution < -0.4 is 5.32 Å². The van der Waals surface area contributed by atoms with Crippen LogP contribution in [-0.4, -0.2) is 13.1 Å². The second-order valence-corrected chi connectivity index (χ2v) is 4.89. The van der Waals surface area contributed by atoms with Crippen LogP contribution in [0, 0.1) is 5.92 Å². The predicted molar refractivity (Wildman–Crippen MR) is 72.6 cm³/mol. The topological polar surface area (TPSA) is 12.0 Å². The van der Waals surface area contributed by atoms with E-state index in [9.17, 15) is 13.2 Å². The normalized spacial score (nSPS) is 17.0. The number of hydrogen-bond acceptors (Lipinski definition) is 1. The van der Waals surface area contributed by atoms with E-state index in [0.717, 1.165) is 32.4 Å². The van der Waals surface area contributed by atoms with Crippen LogP contribution in [0.3, 0.4) is 0 Å². The van der Waals surface area contributed by atoms with Crippen LogP contribution >= 0.6 is 12.4 Å². The molecule has 1 N–H and O–H groups in total. The Morgan fingerprint density at radius 1 is 1.11 bits per heavy atom. The van der Waals surface area contributed by atoms with Gasteiger partial charge in [-0.2, -0.15) is 13.2 Å². The number of rotatable bonds is 3. The summed E-state index contributed by atoms with van der Waals surface area (Å²) in [5.74, 6) is 0.563. The first-order valence-corrected chi connectivity index (χ1v) is 6.43. The average Bonchev–Trinajstić information content (AvgIpc) is 2.37. The molecule has 2 rings (SSSR count). The van der Waals surface area contributed by atoms with Gasteiger partial charge in [0, 0.05) is 0 Å². The first-order chi connectivity index (χ1) is 8.57. The van der Waals surface area contributed by atoms with Crippen molar-refractivity contribution in [1.82, 2.24) is 5.32 Å². The van der Waals surface area contributed by atoms with E-state index in [1.807, 2.05) is 0 Å². The molecule has 0 saturated carbocycles. The predicted octanol–water partition coefficient (Wildman–Crippen LogP) is 4.06. The van der Waals surface area contributed by atoms with Crippen LogP contribution in [0.2, 0.25) is 0 Å². The van der Waals surface area contributed by atoms with Gasteiger partial charge in [0.25, 0.3) is 0 Å². The molecule has 5 heteroatoms. The van der Waals surface area contributed by atoms with Gasteiger partial charge in [0.1, 0.15) is 0 Å². The molecule has 1 nitrogen and oxygen atoms in total. The molecule has 1 aliphatic rings. The fourth-order valence-corrected chi connectivity index (χ4v) is 2.54. The van der Waals surface area contributed by atoms with Crippen molar-refractivity contribution in [2.45, 2.75) is 31.9 Å². The molecular weight excluding hydrogens is 275 g/mol. The maximum Gasteiger partial charge on any atom is 0.416 e. The molecule has 0 amide bonds. The van der Waals surface area contributed by atoms with Crippen molar-refractivity contribution in [2.24, 2.45) is 5.92 Å². The molecule has 1 saturated heterocycles. The van der Waals surface area contributed by atoms with E-state index in [1.54, 1.807) is 12.1 Å². The maximum absolute atomic E-state index is 12.8. The minimum Gasteiger partial charge on any atom is -0.317 e. The Morgan fingerprint density at radius 2 is 1.74 bits per heavy atom. The maximum atomic E-state index is 12.8. The van der Waals surface area contributed by atoms with Crippen LogP contribution in [0.25, 0.3) is 0 Å².